The number of aromatic nitrogens is 5. The van der Waals surface area contributed by atoms with Crippen LogP contribution in [0.15, 0.2) is 54.9 Å². The van der Waals surface area contributed by atoms with Gasteiger partial charge in [0.1, 0.15) is 11.6 Å². The van der Waals surface area contributed by atoms with Gasteiger partial charge in [0, 0.05) is 36.4 Å². The van der Waals surface area contributed by atoms with Crippen molar-refractivity contribution in [2.24, 2.45) is 0 Å². The molecule has 0 saturated carbocycles. The molecule has 5 rings (SSSR count). The Labute approximate surface area is 167 Å². The average Bonchev–Trinajstić information content (AvgIpc) is 3.32. The third-order valence-corrected chi connectivity index (χ3v) is 5.02. The van der Waals surface area contributed by atoms with Gasteiger partial charge in [0.05, 0.1) is 11.0 Å². The Balaban J connectivity index is 1.39. The van der Waals surface area contributed by atoms with Crippen molar-refractivity contribution in [2.45, 2.75) is 19.9 Å². The van der Waals surface area contributed by atoms with Crippen molar-refractivity contribution in [1.29, 1.82) is 0 Å². The normalized spacial score (nSPS) is 11.3. The molecule has 0 fully saturated rings. The van der Waals surface area contributed by atoms with E-state index in [9.17, 15) is 0 Å². The monoisotopic (exact) mass is 383 g/mol. The van der Waals surface area contributed by atoms with E-state index in [1.807, 2.05) is 19.2 Å². The van der Waals surface area contributed by atoms with Gasteiger partial charge in [-0.1, -0.05) is 12.1 Å². The zero-order valence-electron chi connectivity index (χ0n) is 16.0. The predicted octanol–water partition coefficient (Wildman–Crippen LogP) is 3.93. The first-order valence-electron chi connectivity index (χ1n) is 9.50. The van der Waals surface area contributed by atoms with Gasteiger partial charge in [-0.3, -0.25) is 0 Å². The number of anilines is 2. The number of rotatable bonds is 5. The second-order valence-corrected chi connectivity index (χ2v) is 7.21. The molecule has 3 heterocycles. The van der Waals surface area contributed by atoms with Gasteiger partial charge in [-0.2, -0.15) is 4.98 Å². The standard InChI is InChI=1S/C22H21N7/c1-13-27-19-5-3-15(10-20(19)28-13)11-25-21-17(12-26-22(23)29-21)9-14-2-4-18-16(8-14)6-7-24-18/h2-8,10,12,24H,9,11H2,1H3,(H,27,28)(H3,23,25,26,29). The van der Waals surface area contributed by atoms with Gasteiger partial charge >= 0.3 is 0 Å². The molecule has 0 amide bonds. The minimum atomic E-state index is 0.261. The number of aromatic amines is 2. The van der Waals surface area contributed by atoms with Gasteiger partial charge in [0.2, 0.25) is 5.95 Å². The Kier molecular flexibility index (Phi) is 4.13. The van der Waals surface area contributed by atoms with Crippen molar-refractivity contribution in [2.75, 3.05) is 11.1 Å². The van der Waals surface area contributed by atoms with Crippen LogP contribution in [-0.2, 0) is 13.0 Å². The van der Waals surface area contributed by atoms with E-state index in [1.54, 1.807) is 6.20 Å². The van der Waals surface area contributed by atoms with Crippen LogP contribution in [0, 0.1) is 6.92 Å². The number of imidazole rings is 1. The predicted molar refractivity (Wildman–Crippen MR) is 116 cm³/mol. The topological polar surface area (TPSA) is 108 Å². The van der Waals surface area contributed by atoms with Crippen LogP contribution in [0.2, 0.25) is 0 Å². The van der Waals surface area contributed by atoms with Crippen LogP contribution in [0.5, 0.6) is 0 Å². The number of nitrogen functional groups attached to an aromatic ring is 1. The van der Waals surface area contributed by atoms with Crippen LogP contribution in [-0.4, -0.2) is 24.9 Å². The molecular weight excluding hydrogens is 362 g/mol. The Morgan fingerprint density at radius 2 is 1.90 bits per heavy atom. The number of H-pyrrole nitrogens is 2. The van der Waals surface area contributed by atoms with E-state index in [2.05, 4.69) is 66.6 Å². The quantitative estimate of drug-likeness (QED) is 0.368. The third kappa shape index (κ3) is 3.50. The first-order chi connectivity index (χ1) is 14.1. The summed E-state index contributed by atoms with van der Waals surface area (Å²) in [5.41, 5.74) is 12.3. The molecule has 0 bridgehead atoms. The van der Waals surface area contributed by atoms with Gasteiger partial charge in [-0.15, -0.1) is 0 Å². The van der Waals surface area contributed by atoms with Crippen molar-refractivity contribution in [3.05, 3.63) is 77.4 Å². The van der Waals surface area contributed by atoms with Gasteiger partial charge in [0.15, 0.2) is 0 Å². The Bertz CT molecular complexity index is 1320. The lowest BCUT2D eigenvalue weighted by Gasteiger charge is -2.12. The number of nitrogens with zero attached hydrogens (tertiary/aromatic N) is 3. The zero-order valence-corrected chi connectivity index (χ0v) is 16.0. The maximum atomic E-state index is 5.85. The molecule has 0 aliphatic carbocycles. The molecule has 0 spiro atoms. The first-order valence-corrected chi connectivity index (χ1v) is 9.50. The molecule has 0 saturated heterocycles. The number of fused-ring (bicyclic) bond motifs is 2. The van der Waals surface area contributed by atoms with Gasteiger partial charge in [-0.25, -0.2) is 9.97 Å². The summed E-state index contributed by atoms with van der Waals surface area (Å²) >= 11 is 0. The molecule has 7 nitrogen and oxygen atoms in total. The number of benzene rings is 2. The van der Waals surface area contributed by atoms with E-state index >= 15 is 0 Å². The molecule has 0 radical (unpaired) electrons. The van der Waals surface area contributed by atoms with Gasteiger partial charge in [0.25, 0.3) is 0 Å². The second-order valence-electron chi connectivity index (χ2n) is 7.21. The summed E-state index contributed by atoms with van der Waals surface area (Å²) in [4.78, 5) is 19.6. The summed E-state index contributed by atoms with van der Waals surface area (Å²) in [7, 11) is 0. The third-order valence-electron chi connectivity index (χ3n) is 5.02. The smallest absolute Gasteiger partial charge is 0.221 e. The fourth-order valence-corrected chi connectivity index (χ4v) is 3.62. The zero-order chi connectivity index (χ0) is 19.8. The fraction of sp³-hybridized carbons (Fsp3) is 0.136. The Morgan fingerprint density at radius 3 is 2.83 bits per heavy atom. The molecule has 0 aliphatic heterocycles. The molecule has 5 N–H and O–H groups in total. The van der Waals surface area contributed by atoms with Crippen molar-refractivity contribution in [3.63, 3.8) is 0 Å². The van der Waals surface area contributed by atoms with Crippen LogP contribution >= 0.6 is 0 Å². The molecule has 0 atom stereocenters. The van der Waals surface area contributed by atoms with Crippen molar-refractivity contribution in [3.8, 4) is 0 Å². The van der Waals surface area contributed by atoms with Crippen molar-refractivity contribution >= 4 is 33.7 Å². The number of hydrogen-bond acceptors (Lipinski definition) is 5. The molecule has 0 unspecified atom stereocenters. The SMILES string of the molecule is Cc1nc2ccc(CNc3nc(N)ncc3Cc3ccc4[nH]ccc4c3)cc2[nH]1. The van der Waals surface area contributed by atoms with E-state index in [0.29, 0.717) is 6.54 Å². The van der Waals surface area contributed by atoms with Crippen LogP contribution in [0.1, 0.15) is 22.5 Å². The van der Waals surface area contributed by atoms with Crippen LogP contribution in [0.3, 0.4) is 0 Å². The first kappa shape index (κ1) is 17.2. The van der Waals surface area contributed by atoms with Crippen LogP contribution in [0.4, 0.5) is 11.8 Å². The van der Waals surface area contributed by atoms with Gasteiger partial charge < -0.3 is 21.0 Å². The minimum Gasteiger partial charge on any atom is -0.368 e. The Hall–Kier alpha value is -3.87. The molecule has 144 valence electrons. The minimum absolute atomic E-state index is 0.261. The number of nitrogens with two attached hydrogens (primary N) is 1. The van der Waals surface area contributed by atoms with Crippen LogP contribution in [0.25, 0.3) is 21.9 Å². The number of nitrogens with one attached hydrogen (secondary N) is 3. The highest BCUT2D eigenvalue weighted by molar-refractivity contribution is 5.80. The maximum Gasteiger partial charge on any atom is 0.221 e. The number of hydrogen-bond donors (Lipinski definition) is 4. The fourth-order valence-electron chi connectivity index (χ4n) is 3.62. The highest BCUT2D eigenvalue weighted by Gasteiger charge is 2.09. The molecule has 2 aromatic carbocycles. The van der Waals surface area contributed by atoms with E-state index in [4.69, 9.17) is 5.73 Å². The molecule has 7 heteroatoms. The molecular formula is C22H21N7. The van der Waals surface area contributed by atoms with Gasteiger partial charge in [-0.05, 0) is 53.8 Å². The summed E-state index contributed by atoms with van der Waals surface area (Å²) in [6.45, 7) is 2.59. The number of aryl methyl sites for hydroxylation is 1. The summed E-state index contributed by atoms with van der Waals surface area (Å²) in [6, 6.07) is 14.7. The lowest BCUT2D eigenvalue weighted by Crippen LogP contribution is -2.08. The summed E-state index contributed by atoms with van der Waals surface area (Å²) in [5, 5.41) is 4.61. The van der Waals surface area contributed by atoms with E-state index in [-0.39, 0.29) is 5.95 Å². The van der Waals surface area contributed by atoms with E-state index in [0.717, 1.165) is 45.7 Å². The van der Waals surface area contributed by atoms with Crippen LogP contribution < -0.4 is 11.1 Å². The summed E-state index contributed by atoms with van der Waals surface area (Å²) in [5.74, 6) is 1.93. The maximum absolute atomic E-state index is 5.85. The lowest BCUT2D eigenvalue weighted by atomic mass is 10.0. The van der Waals surface area contributed by atoms with E-state index < -0.39 is 0 Å². The largest absolute Gasteiger partial charge is 0.368 e. The molecule has 29 heavy (non-hydrogen) atoms. The highest BCUT2D eigenvalue weighted by atomic mass is 15.1. The Morgan fingerprint density at radius 1 is 1.00 bits per heavy atom. The molecule has 3 aromatic heterocycles. The molecule has 5 aromatic rings. The second kappa shape index (κ2) is 6.94. The molecule has 0 aliphatic rings. The average molecular weight is 383 g/mol. The summed E-state index contributed by atoms with van der Waals surface area (Å²) in [6.07, 6.45) is 4.47. The lowest BCUT2D eigenvalue weighted by molar-refractivity contribution is 1.04. The highest BCUT2D eigenvalue weighted by Crippen LogP contribution is 2.22. The summed E-state index contributed by atoms with van der Waals surface area (Å²) < 4.78 is 0. The van der Waals surface area contributed by atoms with Crippen molar-refractivity contribution < 1.29 is 0 Å². The van der Waals surface area contributed by atoms with E-state index in [1.165, 1.54) is 10.9 Å². The van der Waals surface area contributed by atoms with Crippen molar-refractivity contribution in [1.82, 2.24) is 24.9 Å².